The average molecular weight is 300 g/mol. The van der Waals surface area contributed by atoms with Gasteiger partial charge in [-0.1, -0.05) is 29.8 Å². The number of hydrogen-bond donors (Lipinski definition) is 1. The van der Waals surface area contributed by atoms with E-state index in [1.165, 1.54) is 24.3 Å². The Balaban J connectivity index is 2.37. The molecule has 1 atom stereocenters. The van der Waals surface area contributed by atoms with Crippen LogP contribution in [-0.4, -0.2) is 7.05 Å². The van der Waals surface area contributed by atoms with Gasteiger partial charge in [0.2, 0.25) is 0 Å². The van der Waals surface area contributed by atoms with Crippen LogP contribution in [0.2, 0.25) is 5.02 Å². The number of halogens is 4. The Morgan fingerprint density at radius 2 is 1.70 bits per heavy atom. The van der Waals surface area contributed by atoms with Crippen molar-refractivity contribution in [3.63, 3.8) is 0 Å². The molecular formula is C15H13ClF3N. The van der Waals surface area contributed by atoms with Crippen LogP contribution in [0, 0.1) is 17.5 Å². The minimum Gasteiger partial charge on any atom is -0.313 e. The number of nitrogens with one attached hydrogen (secondary N) is 1. The molecule has 0 fully saturated rings. The van der Waals surface area contributed by atoms with Crippen molar-refractivity contribution >= 4 is 11.6 Å². The highest BCUT2D eigenvalue weighted by molar-refractivity contribution is 6.31. The zero-order valence-corrected chi connectivity index (χ0v) is 11.5. The third-order valence-corrected chi connectivity index (χ3v) is 3.53. The Hall–Kier alpha value is -1.52. The van der Waals surface area contributed by atoms with Crippen molar-refractivity contribution in [2.24, 2.45) is 0 Å². The van der Waals surface area contributed by atoms with E-state index in [1.54, 1.807) is 13.1 Å². The highest BCUT2D eigenvalue weighted by Gasteiger charge is 2.19. The first kappa shape index (κ1) is 14.9. The summed E-state index contributed by atoms with van der Waals surface area (Å²) in [5.74, 6) is -2.32. The van der Waals surface area contributed by atoms with Gasteiger partial charge in [0.1, 0.15) is 5.82 Å². The maximum Gasteiger partial charge on any atom is 0.163 e. The van der Waals surface area contributed by atoms with Crippen LogP contribution < -0.4 is 5.32 Å². The molecule has 2 aromatic rings. The van der Waals surface area contributed by atoms with Crippen LogP contribution >= 0.6 is 11.6 Å². The maximum atomic E-state index is 13.8. The van der Waals surface area contributed by atoms with E-state index < -0.39 is 23.5 Å². The second-order valence-corrected chi connectivity index (χ2v) is 4.80. The normalized spacial score (nSPS) is 12.4. The molecule has 106 valence electrons. The molecule has 0 saturated heterocycles. The van der Waals surface area contributed by atoms with Crippen molar-refractivity contribution in [1.82, 2.24) is 5.32 Å². The van der Waals surface area contributed by atoms with E-state index in [-0.39, 0.29) is 22.6 Å². The highest BCUT2D eigenvalue weighted by atomic mass is 35.5. The minimum atomic E-state index is -0.931. The first-order chi connectivity index (χ1) is 9.54. The van der Waals surface area contributed by atoms with Gasteiger partial charge in [-0.15, -0.1) is 0 Å². The van der Waals surface area contributed by atoms with E-state index in [9.17, 15) is 13.2 Å². The molecule has 0 radical (unpaired) electrons. The van der Waals surface area contributed by atoms with E-state index in [1.807, 2.05) is 0 Å². The molecule has 0 heterocycles. The van der Waals surface area contributed by atoms with Gasteiger partial charge in [0.25, 0.3) is 0 Å². The molecule has 1 unspecified atom stereocenters. The van der Waals surface area contributed by atoms with E-state index in [4.69, 9.17) is 11.6 Å². The molecule has 2 aromatic carbocycles. The van der Waals surface area contributed by atoms with Crippen LogP contribution in [0.5, 0.6) is 0 Å². The SMILES string of the molecule is CNC(Cc1c(F)cccc1Cl)c1cccc(F)c1F. The molecule has 1 N–H and O–H groups in total. The van der Waals surface area contributed by atoms with Crippen LogP contribution in [-0.2, 0) is 6.42 Å². The van der Waals surface area contributed by atoms with Crippen molar-refractivity contribution in [1.29, 1.82) is 0 Å². The molecule has 0 aliphatic carbocycles. The molecule has 0 aliphatic rings. The number of benzene rings is 2. The predicted molar refractivity (Wildman–Crippen MR) is 73.3 cm³/mol. The van der Waals surface area contributed by atoms with Gasteiger partial charge in [0.15, 0.2) is 11.6 Å². The third kappa shape index (κ3) is 2.97. The van der Waals surface area contributed by atoms with E-state index in [0.29, 0.717) is 0 Å². The molecule has 0 amide bonds. The summed E-state index contributed by atoms with van der Waals surface area (Å²) in [4.78, 5) is 0. The van der Waals surface area contributed by atoms with Crippen molar-refractivity contribution in [3.8, 4) is 0 Å². The molecule has 0 aliphatic heterocycles. The van der Waals surface area contributed by atoms with Crippen LogP contribution in [0.3, 0.4) is 0 Å². The van der Waals surface area contributed by atoms with Crippen LogP contribution in [0.25, 0.3) is 0 Å². The van der Waals surface area contributed by atoms with Crippen molar-refractivity contribution in [3.05, 3.63) is 70.0 Å². The zero-order valence-electron chi connectivity index (χ0n) is 10.8. The first-order valence-corrected chi connectivity index (χ1v) is 6.46. The van der Waals surface area contributed by atoms with Gasteiger partial charge < -0.3 is 5.32 Å². The Kier molecular flexibility index (Phi) is 4.68. The topological polar surface area (TPSA) is 12.0 Å². The van der Waals surface area contributed by atoms with Gasteiger partial charge in [0, 0.05) is 22.2 Å². The molecule has 0 bridgehead atoms. The molecule has 2 rings (SSSR count). The molecule has 0 aromatic heterocycles. The van der Waals surface area contributed by atoms with Gasteiger partial charge in [-0.2, -0.15) is 0 Å². The third-order valence-electron chi connectivity index (χ3n) is 3.18. The lowest BCUT2D eigenvalue weighted by molar-refractivity contribution is 0.470. The zero-order chi connectivity index (χ0) is 14.7. The maximum absolute atomic E-state index is 13.8. The predicted octanol–water partition coefficient (Wildman–Crippen LogP) is 4.26. The standard InChI is InChI=1S/C15H13ClF3N/c1-20-14(9-4-2-7-13(18)15(9)19)8-10-11(16)5-3-6-12(10)17/h2-7,14,20H,8H2,1H3. The Labute approximate surface area is 120 Å². The van der Waals surface area contributed by atoms with E-state index in [2.05, 4.69) is 5.32 Å². The molecule has 1 nitrogen and oxygen atoms in total. The summed E-state index contributed by atoms with van der Waals surface area (Å²) in [7, 11) is 1.60. The summed E-state index contributed by atoms with van der Waals surface area (Å²) >= 11 is 5.95. The summed E-state index contributed by atoms with van der Waals surface area (Å²) in [5.41, 5.74) is 0.420. The van der Waals surface area contributed by atoms with Gasteiger partial charge in [-0.25, -0.2) is 13.2 Å². The monoisotopic (exact) mass is 299 g/mol. The van der Waals surface area contributed by atoms with Crippen LogP contribution in [0.4, 0.5) is 13.2 Å². The lowest BCUT2D eigenvalue weighted by atomic mass is 9.98. The smallest absolute Gasteiger partial charge is 0.163 e. The van der Waals surface area contributed by atoms with Gasteiger partial charge >= 0.3 is 0 Å². The van der Waals surface area contributed by atoms with Crippen molar-refractivity contribution in [2.45, 2.75) is 12.5 Å². The summed E-state index contributed by atoms with van der Waals surface area (Å²) in [5, 5.41) is 3.12. The summed E-state index contributed by atoms with van der Waals surface area (Å²) in [6.07, 6.45) is 0.127. The minimum absolute atomic E-state index is 0.127. The number of likely N-dealkylation sites (N-methyl/N-ethyl adjacent to an activating group) is 1. The fraction of sp³-hybridized carbons (Fsp3) is 0.200. The second kappa shape index (κ2) is 6.29. The van der Waals surface area contributed by atoms with E-state index in [0.717, 1.165) is 6.07 Å². The average Bonchev–Trinajstić information content (AvgIpc) is 2.42. The van der Waals surface area contributed by atoms with Crippen LogP contribution in [0.15, 0.2) is 36.4 Å². The van der Waals surface area contributed by atoms with Gasteiger partial charge in [-0.05, 0) is 31.7 Å². The van der Waals surface area contributed by atoms with Gasteiger partial charge in [-0.3, -0.25) is 0 Å². The molecule has 5 heteroatoms. The highest BCUT2D eigenvalue weighted by Crippen LogP contribution is 2.27. The lowest BCUT2D eigenvalue weighted by Crippen LogP contribution is -2.21. The Bertz CT molecular complexity index is 596. The van der Waals surface area contributed by atoms with Crippen molar-refractivity contribution in [2.75, 3.05) is 7.05 Å². The number of rotatable bonds is 4. The molecular weight excluding hydrogens is 287 g/mol. The van der Waals surface area contributed by atoms with Crippen LogP contribution in [0.1, 0.15) is 17.2 Å². The lowest BCUT2D eigenvalue weighted by Gasteiger charge is -2.18. The Morgan fingerprint density at radius 1 is 1.05 bits per heavy atom. The quantitative estimate of drug-likeness (QED) is 0.889. The fourth-order valence-corrected chi connectivity index (χ4v) is 2.33. The van der Waals surface area contributed by atoms with E-state index >= 15 is 0 Å². The number of hydrogen-bond acceptors (Lipinski definition) is 1. The largest absolute Gasteiger partial charge is 0.313 e. The molecule has 0 spiro atoms. The second-order valence-electron chi connectivity index (χ2n) is 4.39. The fourth-order valence-electron chi connectivity index (χ4n) is 2.09. The summed E-state index contributed by atoms with van der Waals surface area (Å²) < 4.78 is 40.8. The molecule has 20 heavy (non-hydrogen) atoms. The molecule has 0 saturated carbocycles. The summed E-state index contributed by atoms with van der Waals surface area (Å²) in [6, 6.07) is 7.71. The Morgan fingerprint density at radius 3 is 2.35 bits per heavy atom. The first-order valence-electron chi connectivity index (χ1n) is 6.08. The van der Waals surface area contributed by atoms with Crippen molar-refractivity contribution < 1.29 is 13.2 Å². The van der Waals surface area contributed by atoms with Gasteiger partial charge in [0.05, 0.1) is 0 Å². The summed E-state index contributed by atoms with van der Waals surface area (Å²) in [6.45, 7) is 0.